The van der Waals surface area contributed by atoms with Crippen LogP contribution in [-0.2, 0) is 14.2 Å². The summed E-state index contributed by atoms with van der Waals surface area (Å²) in [5.41, 5.74) is 0.381. The third kappa shape index (κ3) is 5.06. The van der Waals surface area contributed by atoms with E-state index in [-0.39, 0.29) is 11.3 Å². The smallest absolute Gasteiger partial charge is 0.336 e. The standard InChI is InChI=1S/C22H28O13/c1-8-4-14(25)32-11-5-9(2-3-10(8)11)31-21-19(30)17(28)20(13(7-24)34-21)35-22-18(29)16(27)15(26)12(6-23)33-22/h2-5,12-13,15-24,26-30H,6-7H2,1H3/t12?,13?,15-,16?,17?,18-,19-,20+,21+,22-/m0/s1. The van der Waals surface area contributed by atoms with Gasteiger partial charge in [0.15, 0.2) is 6.29 Å². The molecule has 0 bridgehead atoms. The highest BCUT2D eigenvalue weighted by Gasteiger charge is 2.51. The van der Waals surface area contributed by atoms with Crippen LogP contribution in [0.2, 0.25) is 0 Å². The minimum absolute atomic E-state index is 0.146. The van der Waals surface area contributed by atoms with Gasteiger partial charge in [0.1, 0.15) is 60.2 Å². The molecule has 13 heteroatoms. The molecule has 2 aromatic rings. The van der Waals surface area contributed by atoms with E-state index in [0.717, 1.165) is 0 Å². The molecule has 2 fully saturated rings. The zero-order valence-corrected chi connectivity index (χ0v) is 18.6. The predicted molar refractivity (Wildman–Crippen MR) is 114 cm³/mol. The lowest BCUT2D eigenvalue weighted by atomic mass is 9.97. The fourth-order valence-electron chi connectivity index (χ4n) is 4.17. The summed E-state index contributed by atoms with van der Waals surface area (Å²) in [5, 5.41) is 71.1. The Balaban J connectivity index is 1.50. The number of aliphatic hydroxyl groups is 7. The highest BCUT2D eigenvalue weighted by atomic mass is 16.7. The molecule has 194 valence electrons. The number of fused-ring (bicyclic) bond motifs is 1. The van der Waals surface area contributed by atoms with Gasteiger partial charge >= 0.3 is 5.63 Å². The summed E-state index contributed by atoms with van der Waals surface area (Å²) >= 11 is 0. The first kappa shape index (κ1) is 25.9. The molecule has 2 aliphatic rings. The van der Waals surface area contributed by atoms with Gasteiger partial charge in [-0.15, -0.1) is 0 Å². The van der Waals surface area contributed by atoms with Gasteiger partial charge < -0.3 is 59.1 Å². The first-order chi connectivity index (χ1) is 16.6. The first-order valence-corrected chi connectivity index (χ1v) is 10.9. The quantitative estimate of drug-likeness (QED) is 0.199. The second kappa shape index (κ2) is 10.4. The van der Waals surface area contributed by atoms with Gasteiger partial charge in [-0.25, -0.2) is 4.79 Å². The maximum absolute atomic E-state index is 11.7. The Bertz CT molecular complexity index is 1070. The van der Waals surface area contributed by atoms with E-state index in [0.29, 0.717) is 10.9 Å². The van der Waals surface area contributed by atoms with Gasteiger partial charge in [0.2, 0.25) is 6.29 Å². The number of aliphatic hydroxyl groups excluding tert-OH is 7. The van der Waals surface area contributed by atoms with E-state index in [1.165, 1.54) is 12.1 Å². The number of hydrogen-bond donors (Lipinski definition) is 7. The largest absolute Gasteiger partial charge is 0.462 e. The molecular formula is C22H28O13. The molecule has 1 aromatic carbocycles. The summed E-state index contributed by atoms with van der Waals surface area (Å²) in [6, 6.07) is 5.94. The Kier molecular flexibility index (Phi) is 7.73. The molecule has 0 radical (unpaired) electrons. The van der Waals surface area contributed by atoms with Crippen LogP contribution in [0, 0.1) is 6.92 Å². The number of aryl methyl sites for hydroxylation is 1. The van der Waals surface area contributed by atoms with E-state index in [2.05, 4.69) is 0 Å². The molecule has 7 N–H and O–H groups in total. The van der Waals surface area contributed by atoms with Crippen LogP contribution in [-0.4, -0.2) is 110 Å². The van der Waals surface area contributed by atoms with Gasteiger partial charge in [-0.1, -0.05) is 0 Å². The average Bonchev–Trinajstić information content (AvgIpc) is 2.83. The van der Waals surface area contributed by atoms with Crippen molar-refractivity contribution in [1.82, 2.24) is 0 Å². The minimum Gasteiger partial charge on any atom is -0.462 e. The molecule has 2 saturated heterocycles. The van der Waals surface area contributed by atoms with E-state index in [1.54, 1.807) is 19.1 Å². The molecular weight excluding hydrogens is 472 g/mol. The molecule has 1 aromatic heterocycles. The van der Waals surface area contributed by atoms with Crippen LogP contribution in [0.3, 0.4) is 0 Å². The van der Waals surface area contributed by atoms with E-state index in [9.17, 15) is 40.5 Å². The van der Waals surface area contributed by atoms with Gasteiger partial charge in [0.05, 0.1) is 13.2 Å². The third-order valence-electron chi connectivity index (χ3n) is 6.14. The van der Waals surface area contributed by atoms with Crippen molar-refractivity contribution < 1.29 is 59.1 Å². The summed E-state index contributed by atoms with van der Waals surface area (Å²) in [6.45, 7) is 0.352. The topological polar surface area (TPSA) is 209 Å². The van der Waals surface area contributed by atoms with Crippen molar-refractivity contribution in [3.8, 4) is 5.75 Å². The Labute approximate surface area is 198 Å². The number of ether oxygens (including phenoxy) is 4. The van der Waals surface area contributed by atoms with Crippen LogP contribution in [0.4, 0.5) is 0 Å². The lowest BCUT2D eigenvalue weighted by Gasteiger charge is -2.45. The zero-order chi connectivity index (χ0) is 25.4. The summed E-state index contributed by atoms with van der Waals surface area (Å²) in [4.78, 5) is 11.7. The van der Waals surface area contributed by atoms with E-state index < -0.39 is 80.3 Å². The lowest BCUT2D eigenvalue weighted by molar-refractivity contribution is -0.352. The van der Waals surface area contributed by atoms with Gasteiger partial charge in [-0.05, 0) is 24.6 Å². The molecule has 10 atom stereocenters. The second-order valence-electron chi connectivity index (χ2n) is 8.53. The Hall–Kier alpha value is -2.17. The zero-order valence-electron chi connectivity index (χ0n) is 18.6. The Morgan fingerprint density at radius 1 is 0.829 bits per heavy atom. The van der Waals surface area contributed by atoms with Crippen molar-refractivity contribution in [3.05, 3.63) is 40.2 Å². The monoisotopic (exact) mass is 500 g/mol. The van der Waals surface area contributed by atoms with Crippen LogP contribution in [0.25, 0.3) is 11.0 Å². The highest BCUT2D eigenvalue weighted by Crippen LogP contribution is 2.31. The van der Waals surface area contributed by atoms with Crippen LogP contribution in [0.5, 0.6) is 5.75 Å². The van der Waals surface area contributed by atoms with Gasteiger partial charge in [0, 0.05) is 17.5 Å². The van der Waals surface area contributed by atoms with E-state index in [1.807, 2.05) is 0 Å². The molecule has 0 aliphatic carbocycles. The fourth-order valence-corrected chi connectivity index (χ4v) is 4.17. The van der Waals surface area contributed by atoms with Crippen molar-refractivity contribution in [1.29, 1.82) is 0 Å². The van der Waals surface area contributed by atoms with Crippen molar-refractivity contribution in [2.75, 3.05) is 13.2 Å². The van der Waals surface area contributed by atoms with Gasteiger partial charge in [-0.3, -0.25) is 0 Å². The maximum Gasteiger partial charge on any atom is 0.336 e. The molecule has 0 saturated carbocycles. The lowest BCUT2D eigenvalue weighted by Crippen LogP contribution is -2.65. The summed E-state index contributed by atoms with van der Waals surface area (Å²) < 4.78 is 27.1. The van der Waals surface area contributed by atoms with Gasteiger partial charge in [-0.2, -0.15) is 0 Å². The highest BCUT2D eigenvalue weighted by molar-refractivity contribution is 5.81. The fraction of sp³-hybridized carbons (Fsp3) is 0.591. The molecule has 2 aliphatic heterocycles. The molecule has 13 nitrogen and oxygen atoms in total. The van der Waals surface area contributed by atoms with E-state index in [4.69, 9.17) is 23.4 Å². The predicted octanol–water partition coefficient (Wildman–Crippen LogP) is -2.90. The van der Waals surface area contributed by atoms with Crippen molar-refractivity contribution in [2.24, 2.45) is 0 Å². The van der Waals surface area contributed by atoms with Gasteiger partial charge in [0.25, 0.3) is 0 Å². The minimum atomic E-state index is -1.76. The van der Waals surface area contributed by atoms with Crippen molar-refractivity contribution in [2.45, 2.75) is 68.3 Å². The number of benzene rings is 1. The normalized spacial score (nSPS) is 37.9. The summed E-state index contributed by atoms with van der Waals surface area (Å²) in [5.74, 6) is 0.146. The molecule has 0 spiro atoms. The third-order valence-corrected chi connectivity index (χ3v) is 6.14. The summed E-state index contributed by atoms with van der Waals surface area (Å²) in [7, 11) is 0. The number of rotatable bonds is 6. The second-order valence-corrected chi connectivity index (χ2v) is 8.53. The van der Waals surface area contributed by atoms with Crippen LogP contribution < -0.4 is 10.4 Å². The molecule has 3 heterocycles. The number of hydrogen-bond acceptors (Lipinski definition) is 13. The molecule has 0 amide bonds. The van der Waals surface area contributed by atoms with Crippen LogP contribution in [0.1, 0.15) is 5.56 Å². The molecule has 4 rings (SSSR count). The van der Waals surface area contributed by atoms with Crippen LogP contribution >= 0.6 is 0 Å². The average molecular weight is 500 g/mol. The van der Waals surface area contributed by atoms with Crippen LogP contribution in [0.15, 0.2) is 33.5 Å². The van der Waals surface area contributed by atoms with E-state index >= 15 is 0 Å². The summed E-state index contributed by atoms with van der Waals surface area (Å²) in [6.07, 6.45) is -15.6. The Morgan fingerprint density at radius 2 is 1.49 bits per heavy atom. The Morgan fingerprint density at radius 3 is 2.17 bits per heavy atom. The SMILES string of the molecule is Cc1cc(=O)oc2cc(O[C@@H]3OC(CO)[C@@H](O[C@@H]4OC(CO)[C@H](O)C(O)[C@@H]4O)C(O)[C@@H]3O)ccc12. The van der Waals surface area contributed by atoms with Crippen molar-refractivity contribution >= 4 is 11.0 Å². The van der Waals surface area contributed by atoms with Crippen molar-refractivity contribution in [3.63, 3.8) is 0 Å². The molecule has 35 heavy (non-hydrogen) atoms. The maximum atomic E-state index is 11.7. The molecule has 4 unspecified atom stereocenters. The first-order valence-electron chi connectivity index (χ1n) is 10.9.